The molecule has 0 aromatic heterocycles. The average molecular weight is 180 g/mol. The molecule has 0 saturated heterocycles. The summed E-state index contributed by atoms with van der Waals surface area (Å²) in [6, 6.07) is 0. The maximum atomic E-state index is 10.7. The summed E-state index contributed by atoms with van der Waals surface area (Å²) >= 11 is 0. The summed E-state index contributed by atoms with van der Waals surface area (Å²) in [6.07, 6.45) is 4.54. The zero-order valence-corrected chi connectivity index (χ0v) is 7.58. The second kappa shape index (κ2) is 8.41. The van der Waals surface area contributed by atoms with Gasteiger partial charge in [0.15, 0.2) is 0 Å². The quantitative estimate of drug-likeness (QED) is 0.215. The van der Waals surface area contributed by atoms with Crippen molar-refractivity contribution in [2.45, 2.75) is 6.92 Å². The fourth-order valence-corrected chi connectivity index (χ4v) is 0.498. The van der Waals surface area contributed by atoms with Crippen LogP contribution in [0.2, 0.25) is 0 Å². The van der Waals surface area contributed by atoms with E-state index in [1.807, 2.05) is 0 Å². The smallest absolute Gasteiger partial charge is 0.384 e. The molecule has 0 spiro atoms. The summed E-state index contributed by atoms with van der Waals surface area (Å²) < 4.78 is 9.36. The van der Waals surface area contributed by atoms with Gasteiger partial charge in [0.25, 0.3) is 0 Å². The molecule has 0 aromatic carbocycles. The highest BCUT2D eigenvalue weighted by Crippen LogP contribution is 1.77. The van der Waals surface area contributed by atoms with Crippen LogP contribution in [0.5, 0.6) is 0 Å². The Balaban J connectivity index is 3.64. The Morgan fingerprint density at radius 2 is 2.38 bits per heavy atom. The summed E-state index contributed by atoms with van der Waals surface area (Å²) in [4.78, 5) is 10.7. The van der Waals surface area contributed by atoms with Gasteiger partial charge >= 0.3 is 5.97 Å². The van der Waals surface area contributed by atoms with E-state index in [9.17, 15) is 4.79 Å². The second-order valence-corrected chi connectivity index (χ2v) is 1.89. The van der Waals surface area contributed by atoms with Crippen molar-refractivity contribution in [1.29, 1.82) is 0 Å². The molecule has 0 aliphatic heterocycles. The minimum atomic E-state index is -0.517. The van der Waals surface area contributed by atoms with Gasteiger partial charge in [0.2, 0.25) is 0 Å². The van der Waals surface area contributed by atoms with Crippen molar-refractivity contribution in [2.24, 2.45) is 0 Å². The lowest BCUT2D eigenvalue weighted by atomic mass is 10.5. The van der Waals surface area contributed by atoms with Crippen molar-refractivity contribution in [3.8, 4) is 11.8 Å². The maximum absolute atomic E-state index is 10.7. The third-order valence-electron chi connectivity index (χ3n) is 0.961. The van der Waals surface area contributed by atoms with E-state index < -0.39 is 5.97 Å². The molecule has 13 heavy (non-hydrogen) atoms. The highest BCUT2D eigenvalue weighted by molar-refractivity contribution is 5.88. The molecule has 0 rings (SSSR count). The summed E-state index contributed by atoms with van der Waals surface area (Å²) in [6.45, 7) is 5.84. The van der Waals surface area contributed by atoms with E-state index in [4.69, 9.17) is 4.74 Å². The molecule has 0 aromatic rings. The summed E-state index contributed by atoms with van der Waals surface area (Å²) in [5.41, 5.74) is 0. The topological polar surface area (TPSA) is 35.5 Å². The van der Waals surface area contributed by atoms with Crippen LogP contribution >= 0.6 is 0 Å². The van der Waals surface area contributed by atoms with E-state index in [0.717, 1.165) is 0 Å². The van der Waals surface area contributed by atoms with Gasteiger partial charge in [-0.3, -0.25) is 0 Å². The number of hydrogen-bond donors (Lipinski definition) is 0. The lowest BCUT2D eigenvalue weighted by molar-refractivity contribution is -0.136. The van der Waals surface area contributed by atoms with E-state index in [-0.39, 0.29) is 0 Å². The van der Waals surface area contributed by atoms with Crippen molar-refractivity contribution < 1.29 is 14.3 Å². The molecule has 3 nitrogen and oxygen atoms in total. The fraction of sp³-hybridized carbons (Fsp3) is 0.300. The molecule has 0 aliphatic carbocycles. The predicted octanol–water partition coefficient (Wildman–Crippen LogP) is 1.27. The van der Waals surface area contributed by atoms with Crippen LogP contribution in [0.1, 0.15) is 6.92 Å². The third-order valence-corrected chi connectivity index (χ3v) is 0.961. The first-order valence-electron chi connectivity index (χ1n) is 3.87. The van der Waals surface area contributed by atoms with E-state index in [1.165, 1.54) is 12.3 Å². The van der Waals surface area contributed by atoms with Crippen LogP contribution < -0.4 is 0 Å². The molecule has 0 radical (unpaired) electrons. The Morgan fingerprint density at radius 3 is 3.00 bits per heavy atom. The zero-order chi connectivity index (χ0) is 9.94. The number of ether oxygens (including phenoxy) is 2. The molecule has 0 fully saturated rings. The first kappa shape index (κ1) is 11.3. The normalized spacial score (nSPS) is 8.69. The van der Waals surface area contributed by atoms with Crippen LogP contribution in [0.4, 0.5) is 0 Å². The number of esters is 1. The van der Waals surface area contributed by atoms with Crippen LogP contribution in [-0.4, -0.2) is 19.2 Å². The lowest BCUT2D eigenvalue weighted by Crippen LogP contribution is -1.99. The molecular weight excluding hydrogens is 168 g/mol. The van der Waals surface area contributed by atoms with Crippen LogP contribution in [0.25, 0.3) is 0 Å². The van der Waals surface area contributed by atoms with E-state index in [2.05, 4.69) is 23.2 Å². The van der Waals surface area contributed by atoms with E-state index in [1.54, 1.807) is 13.0 Å². The van der Waals surface area contributed by atoms with Gasteiger partial charge in [-0.2, -0.15) is 0 Å². The van der Waals surface area contributed by atoms with Crippen LogP contribution in [0.15, 0.2) is 25.0 Å². The van der Waals surface area contributed by atoms with Crippen molar-refractivity contribution in [3.05, 3.63) is 25.0 Å². The molecule has 70 valence electrons. The Bertz CT molecular complexity index is 243. The van der Waals surface area contributed by atoms with Gasteiger partial charge in [0, 0.05) is 5.92 Å². The van der Waals surface area contributed by atoms with Gasteiger partial charge in [-0.1, -0.05) is 12.5 Å². The van der Waals surface area contributed by atoms with Gasteiger partial charge in [0.05, 0.1) is 12.9 Å². The highest BCUT2D eigenvalue weighted by Gasteiger charge is 1.89. The molecule has 0 bridgehead atoms. The van der Waals surface area contributed by atoms with E-state index >= 15 is 0 Å². The Labute approximate surface area is 78.0 Å². The predicted molar refractivity (Wildman–Crippen MR) is 49.7 cm³/mol. The standard InChI is InChI=1S/C10H12O3/c1-3-12-9-7-5-6-8-10(11)13-4-2/h3,5,7H,1,4,9H2,2H3/b7-5+. The molecule has 0 N–H and O–H groups in total. The average Bonchev–Trinajstić information content (AvgIpc) is 2.11. The van der Waals surface area contributed by atoms with Crippen molar-refractivity contribution in [1.82, 2.24) is 0 Å². The summed E-state index contributed by atoms with van der Waals surface area (Å²) in [5.74, 6) is 4.27. The van der Waals surface area contributed by atoms with E-state index in [0.29, 0.717) is 13.2 Å². The SMILES string of the molecule is C=COC/C=C/C#CC(=O)OCC. The van der Waals surface area contributed by atoms with Gasteiger partial charge in [-0.15, -0.1) is 0 Å². The van der Waals surface area contributed by atoms with Crippen molar-refractivity contribution in [2.75, 3.05) is 13.2 Å². The number of hydrogen-bond acceptors (Lipinski definition) is 3. The Hall–Kier alpha value is -1.69. The zero-order valence-electron chi connectivity index (χ0n) is 7.58. The van der Waals surface area contributed by atoms with Crippen LogP contribution in [0.3, 0.4) is 0 Å². The van der Waals surface area contributed by atoms with Gasteiger partial charge in [0.1, 0.15) is 6.61 Å². The maximum Gasteiger partial charge on any atom is 0.384 e. The lowest BCUT2D eigenvalue weighted by Gasteiger charge is -1.90. The molecule has 0 aliphatic rings. The van der Waals surface area contributed by atoms with Gasteiger partial charge < -0.3 is 9.47 Å². The minimum absolute atomic E-state index is 0.344. The minimum Gasteiger partial charge on any atom is -0.498 e. The molecule has 0 heterocycles. The summed E-state index contributed by atoms with van der Waals surface area (Å²) in [5, 5.41) is 0. The first-order chi connectivity index (χ1) is 6.31. The molecule has 0 atom stereocenters. The fourth-order valence-electron chi connectivity index (χ4n) is 0.498. The molecular formula is C10H12O3. The monoisotopic (exact) mass is 180 g/mol. The molecule has 0 amide bonds. The first-order valence-corrected chi connectivity index (χ1v) is 3.87. The number of rotatable bonds is 4. The number of allylic oxidation sites excluding steroid dienone is 1. The summed E-state index contributed by atoms with van der Waals surface area (Å²) in [7, 11) is 0. The highest BCUT2D eigenvalue weighted by atomic mass is 16.5. The molecule has 0 unspecified atom stereocenters. The largest absolute Gasteiger partial charge is 0.498 e. The Morgan fingerprint density at radius 1 is 1.62 bits per heavy atom. The van der Waals surface area contributed by atoms with Crippen LogP contribution in [-0.2, 0) is 14.3 Å². The molecule has 0 saturated carbocycles. The third kappa shape index (κ3) is 8.21. The van der Waals surface area contributed by atoms with Crippen molar-refractivity contribution >= 4 is 5.97 Å². The molecule has 3 heteroatoms. The number of carbonyl (C=O) groups is 1. The van der Waals surface area contributed by atoms with Crippen LogP contribution in [0, 0.1) is 11.8 Å². The van der Waals surface area contributed by atoms with Gasteiger partial charge in [-0.05, 0) is 19.1 Å². The van der Waals surface area contributed by atoms with Crippen molar-refractivity contribution in [3.63, 3.8) is 0 Å². The Kier molecular flexibility index (Phi) is 7.31. The van der Waals surface area contributed by atoms with Gasteiger partial charge in [-0.25, -0.2) is 4.79 Å². The second-order valence-electron chi connectivity index (χ2n) is 1.89. The number of carbonyl (C=O) groups excluding carboxylic acids is 1.